The van der Waals surface area contributed by atoms with Crippen LogP contribution >= 0.6 is 46.3 Å². The van der Waals surface area contributed by atoms with Crippen LogP contribution < -0.4 is 5.32 Å². The number of amides is 1. The molecule has 0 atom stereocenters. The van der Waals surface area contributed by atoms with Crippen molar-refractivity contribution >= 4 is 84.9 Å². The Hall–Kier alpha value is -2.84. The zero-order chi connectivity index (χ0) is 25.5. The Balaban J connectivity index is 1.19. The molecule has 1 amide bonds. The first-order valence-corrected chi connectivity index (χ1v) is 14.5. The number of carbonyl (C=O) groups excluding carboxylic acids is 2. The number of fused-ring (bicyclic) bond motifs is 4. The molecule has 0 spiro atoms. The molecular weight excluding hydrogens is 545 g/mol. The van der Waals surface area contributed by atoms with E-state index >= 15 is 0 Å². The van der Waals surface area contributed by atoms with Crippen molar-refractivity contribution in [2.45, 2.75) is 30.0 Å². The topological polar surface area (TPSA) is 64.0 Å². The average Bonchev–Trinajstić information content (AvgIpc) is 3.47. The van der Waals surface area contributed by atoms with Crippen LogP contribution in [0.15, 0.2) is 65.0 Å². The maximum atomic E-state index is 13.4. The number of thioether (sulfide) groups is 1. The summed E-state index contributed by atoms with van der Waals surface area (Å²) in [5, 5.41) is 4.83. The Bertz CT molecular complexity index is 1690. The molecule has 2 aromatic heterocycles. The number of aromatic nitrogens is 2. The molecule has 1 aliphatic carbocycles. The molecule has 0 aliphatic heterocycles. The van der Waals surface area contributed by atoms with Crippen molar-refractivity contribution in [2.75, 3.05) is 11.1 Å². The number of benzene rings is 3. The minimum atomic E-state index is -0.273. The Labute approximate surface area is 231 Å². The molecule has 0 fully saturated rings. The molecule has 186 valence electrons. The predicted molar refractivity (Wildman–Crippen MR) is 154 cm³/mol. The number of halogens is 2. The molecule has 0 radical (unpaired) electrons. The van der Waals surface area contributed by atoms with E-state index in [2.05, 4.69) is 11.4 Å². The number of thiazole rings is 1. The molecule has 1 N–H and O–H groups in total. The van der Waals surface area contributed by atoms with Gasteiger partial charge in [0.05, 0.1) is 31.5 Å². The number of hydrogen-bond acceptors (Lipinski definition) is 5. The third-order valence-electron chi connectivity index (χ3n) is 6.56. The number of hydrogen-bond donors (Lipinski definition) is 1. The maximum absolute atomic E-state index is 13.4. The second-order valence-electron chi connectivity index (χ2n) is 8.91. The highest BCUT2D eigenvalue weighted by molar-refractivity contribution is 8.01. The van der Waals surface area contributed by atoms with Gasteiger partial charge in [0, 0.05) is 22.3 Å². The van der Waals surface area contributed by atoms with Crippen LogP contribution in [0.4, 0.5) is 5.69 Å². The third kappa shape index (κ3) is 4.77. The van der Waals surface area contributed by atoms with Crippen LogP contribution in [0.5, 0.6) is 0 Å². The Morgan fingerprint density at radius 3 is 2.70 bits per heavy atom. The zero-order valence-electron chi connectivity index (χ0n) is 19.6. The number of nitrogens with one attached hydrogen (secondary N) is 1. The molecule has 0 unspecified atom stereocenters. The maximum Gasteiger partial charge on any atom is 0.255 e. The summed E-state index contributed by atoms with van der Waals surface area (Å²) in [6.07, 6.45) is 4.26. The van der Waals surface area contributed by atoms with E-state index in [1.165, 1.54) is 46.2 Å². The van der Waals surface area contributed by atoms with E-state index in [0.29, 0.717) is 27.0 Å². The van der Waals surface area contributed by atoms with Crippen molar-refractivity contribution in [1.82, 2.24) is 9.55 Å². The third-order valence-corrected chi connectivity index (χ3v) is 9.44. The number of rotatable bonds is 5. The molecular formula is C28H21Cl2N3O2S2. The van der Waals surface area contributed by atoms with Crippen LogP contribution in [0.2, 0.25) is 10.0 Å². The molecule has 3 aromatic carbocycles. The standard InChI is InChI=1S/C28H21Cl2N3O2S2/c29-20-11-9-16(13-21(20)30)27(35)31-17-10-12-22-25(14-17)37-28(32-22)36-15-26(34)33-23-7-3-1-5-18(23)19-6-2-4-8-24(19)33/h1,3,5,7,9-14H,2,4,6,8,15H2,(H,31,35). The van der Waals surface area contributed by atoms with Gasteiger partial charge in [-0.1, -0.05) is 53.2 Å². The fourth-order valence-corrected chi connectivity index (χ4v) is 7.11. The lowest BCUT2D eigenvalue weighted by Crippen LogP contribution is -2.18. The van der Waals surface area contributed by atoms with Crippen molar-refractivity contribution in [2.24, 2.45) is 0 Å². The van der Waals surface area contributed by atoms with Gasteiger partial charge in [0.25, 0.3) is 5.91 Å². The normalized spacial score (nSPS) is 13.1. The van der Waals surface area contributed by atoms with Gasteiger partial charge in [0.2, 0.25) is 5.91 Å². The van der Waals surface area contributed by atoms with E-state index in [9.17, 15) is 9.59 Å². The molecule has 6 rings (SSSR count). The van der Waals surface area contributed by atoms with Crippen molar-refractivity contribution in [1.29, 1.82) is 0 Å². The highest BCUT2D eigenvalue weighted by Crippen LogP contribution is 2.35. The van der Waals surface area contributed by atoms with Crippen molar-refractivity contribution in [3.8, 4) is 0 Å². The molecule has 0 saturated carbocycles. The lowest BCUT2D eigenvalue weighted by molar-refractivity contribution is 0.0942. The summed E-state index contributed by atoms with van der Waals surface area (Å²) in [7, 11) is 0. The van der Waals surface area contributed by atoms with Gasteiger partial charge in [-0.3, -0.25) is 14.2 Å². The first-order valence-electron chi connectivity index (χ1n) is 11.9. The zero-order valence-corrected chi connectivity index (χ0v) is 22.7. The number of anilines is 1. The minimum Gasteiger partial charge on any atom is -0.322 e. The SMILES string of the molecule is O=C(Nc1ccc2nc(SCC(=O)n3c4c(c5ccccc53)CCCC4)sc2c1)c1ccc(Cl)c(Cl)c1. The van der Waals surface area contributed by atoms with Crippen molar-refractivity contribution in [3.05, 3.63) is 87.5 Å². The molecule has 0 saturated heterocycles. The van der Waals surface area contributed by atoms with Gasteiger partial charge < -0.3 is 5.32 Å². The van der Waals surface area contributed by atoms with Gasteiger partial charge in [0.15, 0.2) is 4.34 Å². The monoisotopic (exact) mass is 565 g/mol. The fourth-order valence-electron chi connectivity index (χ4n) is 4.85. The largest absolute Gasteiger partial charge is 0.322 e. The second kappa shape index (κ2) is 10.1. The number of aryl methyl sites for hydroxylation is 1. The number of nitrogens with zero attached hydrogens (tertiary/aromatic N) is 2. The number of para-hydroxylation sites is 1. The van der Waals surface area contributed by atoms with Gasteiger partial charge in [-0.25, -0.2) is 4.98 Å². The molecule has 0 bridgehead atoms. The summed E-state index contributed by atoms with van der Waals surface area (Å²) in [4.78, 5) is 30.7. The Morgan fingerprint density at radius 2 is 1.84 bits per heavy atom. The summed E-state index contributed by atoms with van der Waals surface area (Å²) >= 11 is 15.0. The summed E-state index contributed by atoms with van der Waals surface area (Å²) in [5.41, 5.74) is 5.42. The predicted octanol–water partition coefficient (Wildman–Crippen LogP) is 8.12. The number of carbonyl (C=O) groups is 2. The molecule has 5 nitrogen and oxygen atoms in total. The van der Waals surface area contributed by atoms with Crippen LogP contribution in [0, 0.1) is 0 Å². The lowest BCUT2D eigenvalue weighted by atomic mass is 9.96. The minimum absolute atomic E-state index is 0.0817. The Kier molecular flexibility index (Phi) is 6.71. The highest BCUT2D eigenvalue weighted by Gasteiger charge is 2.23. The van der Waals surface area contributed by atoms with Gasteiger partial charge in [-0.15, -0.1) is 11.3 Å². The van der Waals surface area contributed by atoms with E-state index in [4.69, 9.17) is 28.2 Å². The van der Waals surface area contributed by atoms with E-state index < -0.39 is 0 Å². The fraction of sp³-hybridized carbons (Fsp3) is 0.179. The van der Waals surface area contributed by atoms with Gasteiger partial charge in [-0.05, 0) is 73.7 Å². The molecule has 9 heteroatoms. The van der Waals surface area contributed by atoms with Crippen LogP contribution in [0.25, 0.3) is 21.1 Å². The van der Waals surface area contributed by atoms with E-state index in [1.54, 1.807) is 18.2 Å². The van der Waals surface area contributed by atoms with E-state index in [-0.39, 0.29) is 11.8 Å². The second-order valence-corrected chi connectivity index (χ2v) is 12.0. The molecule has 5 aromatic rings. The van der Waals surface area contributed by atoms with Gasteiger partial charge in [-0.2, -0.15) is 0 Å². The van der Waals surface area contributed by atoms with Crippen LogP contribution in [-0.2, 0) is 12.8 Å². The van der Waals surface area contributed by atoms with Gasteiger partial charge >= 0.3 is 0 Å². The molecule has 37 heavy (non-hydrogen) atoms. The summed E-state index contributed by atoms with van der Waals surface area (Å²) in [6.45, 7) is 0. The summed E-state index contributed by atoms with van der Waals surface area (Å²) < 4.78 is 3.69. The molecule has 2 heterocycles. The van der Waals surface area contributed by atoms with Crippen LogP contribution in [0.3, 0.4) is 0 Å². The molecule has 1 aliphatic rings. The van der Waals surface area contributed by atoms with Crippen LogP contribution in [-0.4, -0.2) is 27.1 Å². The first-order chi connectivity index (χ1) is 18.0. The highest BCUT2D eigenvalue weighted by atomic mass is 35.5. The van der Waals surface area contributed by atoms with Crippen molar-refractivity contribution < 1.29 is 9.59 Å². The summed E-state index contributed by atoms with van der Waals surface area (Å²) in [5.74, 6) is 0.120. The quantitative estimate of drug-likeness (QED) is 0.218. The van der Waals surface area contributed by atoms with Crippen molar-refractivity contribution in [3.63, 3.8) is 0 Å². The summed E-state index contributed by atoms with van der Waals surface area (Å²) in [6, 6.07) is 18.6. The smallest absolute Gasteiger partial charge is 0.255 e. The first kappa shape index (κ1) is 24.5. The van der Waals surface area contributed by atoms with E-state index in [0.717, 1.165) is 39.3 Å². The lowest BCUT2D eigenvalue weighted by Gasteiger charge is -2.14. The average molecular weight is 567 g/mol. The Morgan fingerprint density at radius 1 is 1.00 bits per heavy atom. The van der Waals surface area contributed by atoms with Gasteiger partial charge in [0.1, 0.15) is 0 Å². The van der Waals surface area contributed by atoms with Crippen LogP contribution in [0.1, 0.15) is 39.3 Å². The van der Waals surface area contributed by atoms with E-state index in [1.807, 2.05) is 41.0 Å².